The second-order valence-corrected chi connectivity index (χ2v) is 6.87. The first kappa shape index (κ1) is 13.3. The summed E-state index contributed by atoms with van der Waals surface area (Å²) in [6.07, 6.45) is 5.85. The number of aromatic nitrogens is 2. The molecule has 2 aliphatic rings. The highest BCUT2D eigenvalue weighted by Gasteiger charge is 2.27. The molecule has 4 heteroatoms. The van der Waals surface area contributed by atoms with E-state index in [9.17, 15) is 0 Å². The van der Waals surface area contributed by atoms with Gasteiger partial charge in [0.05, 0.1) is 0 Å². The van der Waals surface area contributed by atoms with Crippen molar-refractivity contribution >= 4 is 21.7 Å². The fourth-order valence-electron chi connectivity index (χ4n) is 3.06. The molecule has 0 spiro atoms. The van der Waals surface area contributed by atoms with E-state index in [-0.39, 0.29) is 0 Å². The predicted molar refractivity (Wildman–Crippen MR) is 87.6 cm³/mol. The van der Waals surface area contributed by atoms with E-state index in [0.29, 0.717) is 12.0 Å². The van der Waals surface area contributed by atoms with Crippen molar-refractivity contribution < 1.29 is 0 Å². The first-order chi connectivity index (χ1) is 10.3. The molecule has 108 valence electrons. The zero-order valence-electron chi connectivity index (χ0n) is 11.8. The summed E-state index contributed by atoms with van der Waals surface area (Å²) in [6.45, 7) is 0. The van der Waals surface area contributed by atoms with E-state index < -0.39 is 0 Å². The molecular weight excluding hydrogens is 326 g/mol. The maximum absolute atomic E-state index is 4.69. The molecule has 1 unspecified atom stereocenters. The van der Waals surface area contributed by atoms with Crippen molar-refractivity contribution in [1.29, 1.82) is 0 Å². The predicted octanol–water partition coefficient (Wildman–Crippen LogP) is 4.09. The van der Waals surface area contributed by atoms with Gasteiger partial charge in [0.15, 0.2) is 0 Å². The van der Waals surface area contributed by atoms with Gasteiger partial charge < -0.3 is 5.32 Å². The van der Waals surface area contributed by atoms with Crippen LogP contribution >= 0.6 is 15.9 Å². The fraction of sp³-hybridized carbons (Fsp3) is 0.412. The Morgan fingerprint density at radius 1 is 1.05 bits per heavy atom. The monoisotopic (exact) mass is 343 g/mol. The van der Waals surface area contributed by atoms with Crippen molar-refractivity contribution in [3.05, 3.63) is 51.9 Å². The fourth-order valence-corrected chi connectivity index (χ4v) is 3.46. The molecule has 2 aliphatic carbocycles. The van der Waals surface area contributed by atoms with E-state index in [1.54, 1.807) is 0 Å². The number of nitrogens with one attached hydrogen (secondary N) is 1. The summed E-state index contributed by atoms with van der Waals surface area (Å²) in [5, 5.41) is 3.60. The Balaban J connectivity index is 1.52. The first-order valence-electron chi connectivity index (χ1n) is 7.66. The standard InChI is InChI=1S/C17H18BrN3/c18-15-10-16(21-17(20-15)12-5-6-12)19-14-8-7-11-3-1-2-4-13(11)9-14/h1-4,10,12,14H,5-9H2,(H,19,20,21). The van der Waals surface area contributed by atoms with Gasteiger partial charge in [0, 0.05) is 18.0 Å². The van der Waals surface area contributed by atoms with Crippen LogP contribution < -0.4 is 5.32 Å². The molecule has 0 amide bonds. The molecule has 1 saturated carbocycles. The van der Waals surface area contributed by atoms with Crippen LogP contribution in [0, 0.1) is 0 Å². The molecule has 0 saturated heterocycles. The number of halogens is 1. The quantitative estimate of drug-likeness (QED) is 0.853. The lowest BCUT2D eigenvalue weighted by molar-refractivity contribution is 0.608. The van der Waals surface area contributed by atoms with Gasteiger partial charge in [-0.1, -0.05) is 24.3 Å². The summed E-state index contributed by atoms with van der Waals surface area (Å²) in [5.74, 6) is 2.53. The highest BCUT2D eigenvalue weighted by molar-refractivity contribution is 9.10. The van der Waals surface area contributed by atoms with Crippen LogP contribution in [-0.2, 0) is 12.8 Å². The molecule has 3 nitrogen and oxygen atoms in total. The molecule has 0 aliphatic heterocycles. The minimum absolute atomic E-state index is 0.466. The van der Waals surface area contributed by atoms with Gasteiger partial charge >= 0.3 is 0 Å². The zero-order valence-corrected chi connectivity index (χ0v) is 13.4. The lowest BCUT2D eigenvalue weighted by atomic mass is 9.88. The van der Waals surface area contributed by atoms with E-state index in [4.69, 9.17) is 4.98 Å². The summed E-state index contributed by atoms with van der Waals surface area (Å²) < 4.78 is 0.887. The van der Waals surface area contributed by atoms with Gasteiger partial charge in [0.1, 0.15) is 16.2 Å². The maximum Gasteiger partial charge on any atom is 0.135 e. The Morgan fingerprint density at radius 3 is 2.67 bits per heavy atom. The maximum atomic E-state index is 4.69. The molecule has 4 rings (SSSR count). The van der Waals surface area contributed by atoms with Crippen molar-refractivity contribution in [3.8, 4) is 0 Å². The number of aryl methyl sites for hydroxylation is 1. The number of rotatable bonds is 3. The smallest absolute Gasteiger partial charge is 0.135 e. The highest BCUT2D eigenvalue weighted by Crippen LogP contribution is 2.39. The molecular formula is C17H18BrN3. The second-order valence-electron chi connectivity index (χ2n) is 6.06. The van der Waals surface area contributed by atoms with Crippen LogP contribution in [0.25, 0.3) is 0 Å². The minimum atomic E-state index is 0.466. The third-order valence-corrected chi connectivity index (χ3v) is 4.76. The summed E-state index contributed by atoms with van der Waals surface area (Å²) in [7, 11) is 0. The number of anilines is 1. The second kappa shape index (κ2) is 5.41. The van der Waals surface area contributed by atoms with Crippen molar-refractivity contribution in [1.82, 2.24) is 9.97 Å². The van der Waals surface area contributed by atoms with Crippen LogP contribution in [0.4, 0.5) is 5.82 Å². The van der Waals surface area contributed by atoms with Gasteiger partial charge in [-0.05, 0) is 59.2 Å². The first-order valence-corrected chi connectivity index (χ1v) is 8.45. The summed E-state index contributed by atoms with van der Waals surface area (Å²) in [6, 6.07) is 11.2. The topological polar surface area (TPSA) is 37.8 Å². The third kappa shape index (κ3) is 2.95. The largest absolute Gasteiger partial charge is 0.367 e. The van der Waals surface area contributed by atoms with Gasteiger partial charge in [-0.25, -0.2) is 9.97 Å². The Labute approximate surface area is 133 Å². The van der Waals surface area contributed by atoms with Crippen molar-refractivity contribution in [2.24, 2.45) is 0 Å². The lowest BCUT2D eigenvalue weighted by Crippen LogP contribution is -2.27. The molecule has 1 fully saturated rings. The Kier molecular flexibility index (Phi) is 3.42. The van der Waals surface area contributed by atoms with Gasteiger partial charge in [-0.3, -0.25) is 0 Å². The van der Waals surface area contributed by atoms with E-state index in [2.05, 4.69) is 50.5 Å². The van der Waals surface area contributed by atoms with Crippen LogP contribution in [0.5, 0.6) is 0 Å². The van der Waals surface area contributed by atoms with Gasteiger partial charge in [-0.2, -0.15) is 0 Å². The third-order valence-electron chi connectivity index (χ3n) is 4.35. The van der Waals surface area contributed by atoms with Crippen molar-refractivity contribution in [3.63, 3.8) is 0 Å². The summed E-state index contributed by atoms with van der Waals surface area (Å²) >= 11 is 3.51. The Hall–Kier alpha value is -1.42. The van der Waals surface area contributed by atoms with Gasteiger partial charge in [-0.15, -0.1) is 0 Å². The average molecular weight is 344 g/mol. The van der Waals surface area contributed by atoms with Crippen LogP contribution in [0.1, 0.15) is 42.1 Å². The molecule has 1 N–H and O–H groups in total. The lowest BCUT2D eigenvalue weighted by Gasteiger charge is -2.26. The molecule has 0 bridgehead atoms. The van der Waals surface area contributed by atoms with E-state index in [1.807, 2.05) is 6.07 Å². The number of fused-ring (bicyclic) bond motifs is 1. The van der Waals surface area contributed by atoms with Crippen LogP contribution in [0.2, 0.25) is 0 Å². The van der Waals surface area contributed by atoms with Crippen LogP contribution in [0.3, 0.4) is 0 Å². The number of hydrogen-bond acceptors (Lipinski definition) is 3. The van der Waals surface area contributed by atoms with E-state index >= 15 is 0 Å². The van der Waals surface area contributed by atoms with Crippen molar-refractivity contribution in [2.45, 2.75) is 44.1 Å². The molecule has 0 radical (unpaired) electrons. The minimum Gasteiger partial charge on any atom is -0.367 e. The highest BCUT2D eigenvalue weighted by atomic mass is 79.9. The molecule has 21 heavy (non-hydrogen) atoms. The van der Waals surface area contributed by atoms with Crippen LogP contribution in [0.15, 0.2) is 34.9 Å². The van der Waals surface area contributed by atoms with Gasteiger partial charge in [0.25, 0.3) is 0 Å². The molecule has 2 aromatic rings. The Morgan fingerprint density at radius 2 is 1.86 bits per heavy atom. The van der Waals surface area contributed by atoms with E-state index in [1.165, 1.54) is 24.0 Å². The summed E-state index contributed by atoms with van der Waals surface area (Å²) in [4.78, 5) is 9.18. The zero-order chi connectivity index (χ0) is 14.2. The van der Waals surface area contributed by atoms with Gasteiger partial charge in [0.2, 0.25) is 0 Å². The van der Waals surface area contributed by atoms with Crippen LogP contribution in [-0.4, -0.2) is 16.0 Å². The Bertz CT molecular complexity index is 667. The molecule has 1 heterocycles. The molecule has 1 aromatic heterocycles. The molecule has 1 aromatic carbocycles. The van der Waals surface area contributed by atoms with E-state index in [0.717, 1.165) is 35.5 Å². The normalized spacial score (nSPS) is 20.9. The number of benzene rings is 1. The molecule has 1 atom stereocenters. The summed E-state index contributed by atoms with van der Waals surface area (Å²) in [5.41, 5.74) is 2.97. The number of nitrogens with zero attached hydrogens (tertiary/aromatic N) is 2. The average Bonchev–Trinajstić information content (AvgIpc) is 3.31. The SMILES string of the molecule is Brc1cc(NC2CCc3ccccc3C2)nc(C2CC2)n1. The van der Waals surface area contributed by atoms with Crippen molar-refractivity contribution in [2.75, 3.05) is 5.32 Å². The number of hydrogen-bond donors (Lipinski definition) is 1.